The van der Waals surface area contributed by atoms with Crippen LogP contribution in [0, 0.1) is 0 Å². The Bertz CT molecular complexity index is 942. The maximum atomic E-state index is 6.42. The molecule has 1 aliphatic rings. The number of hydrogen-bond acceptors (Lipinski definition) is 7. The minimum absolute atomic E-state index is 0.618. The summed E-state index contributed by atoms with van der Waals surface area (Å²) < 4.78 is 5.47. The van der Waals surface area contributed by atoms with E-state index >= 15 is 0 Å². The zero-order valence-electron chi connectivity index (χ0n) is 15.5. The van der Waals surface area contributed by atoms with Crippen molar-refractivity contribution in [1.29, 1.82) is 0 Å². The molecule has 146 valence electrons. The van der Waals surface area contributed by atoms with E-state index in [1.807, 2.05) is 36.5 Å². The van der Waals surface area contributed by atoms with E-state index in [-0.39, 0.29) is 0 Å². The van der Waals surface area contributed by atoms with Gasteiger partial charge in [-0.05, 0) is 31.4 Å². The summed E-state index contributed by atoms with van der Waals surface area (Å²) in [5.74, 6) is 0.748. The summed E-state index contributed by atoms with van der Waals surface area (Å²) in [6, 6.07) is 9.84. The molecule has 0 bridgehead atoms. The van der Waals surface area contributed by atoms with Gasteiger partial charge in [0.05, 0.1) is 18.9 Å². The number of anilines is 2. The smallest absolute Gasteiger partial charge is 0.226 e. The predicted molar refractivity (Wildman–Crippen MR) is 114 cm³/mol. The average Bonchev–Trinajstić information content (AvgIpc) is 3.14. The Morgan fingerprint density at radius 1 is 1.14 bits per heavy atom. The van der Waals surface area contributed by atoms with Gasteiger partial charge >= 0.3 is 0 Å². The molecule has 6 nitrogen and oxygen atoms in total. The quantitative estimate of drug-likeness (QED) is 0.658. The van der Waals surface area contributed by atoms with Gasteiger partial charge in [-0.25, -0.2) is 15.0 Å². The van der Waals surface area contributed by atoms with E-state index in [1.165, 1.54) is 4.88 Å². The molecule has 4 rings (SSSR count). The van der Waals surface area contributed by atoms with Gasteiger partial charge in [-0.2, -0.15) is 0 Å². The third kappa shape index (κ3) is 4.60. The molecule has 8 heteroatoms. The topological polar surface area (TPSA) is 77.2 Å². The molecule has 0 radical (unpaired) electrons. The number of nitrogens with zero attached hydrogens (tertiary/aromatic N) is 4. The van der Waals surface area contributed by atoms with Gasteiger partial charge in [-0.1, -0.05) is 29.8 Å². The number of thiazole rings is 1. The fourth-order valence-corrected chi connectivity index (χ4v) is 4.16. The van der Waals surface area contributed by atoms with Crippen molar-refractivity contribution in [2.75, 3.05) is 36.9 Å². The molecule has 0 unspecified atom stereocenters. The lowest BCUT2D eigenvalue weighted by molar-refractivity contribution is 0.122. The molecular weight excluding hydrogens is 394 g/mol. The third-order valence-corrected chi connectivity index (χ3v) is 5.85. The van der Waals surface area contributed by atoms with Crippen LogP contribution in [0.3, 0.4) is 0 Å². The van der Waals surface area contributed by atoms with Crippen molar-refractivity contribution >= 4 is 34.0 Å². The van der Waals surface area contributed by atoms with Crippen LogP contribution in [0.2, 0.25) is 5.02 Å². The molecule has 3 aromatic rings. The number of hydrogen-bond donors (Lipinski definition) is 1. The van der Waals surface area contributed by atoms with Crippen LogP contribution in [0.4, 0.5) is 11.1 Å². The lowest BCUT2D eigenvalue weighted by Gasteiger charge is -2.27. The molecule has 3 heterocycles. The Hall–Kier alpha value is -2.22. The molecule has 0 aliphatic carbocycles. The predicted octanol–water partition coefficient (Wildman–Crippen LogP) is 3.85. The van der Waals surface area contributed by atoms with Crippen LogP contribution in [-0.4, -0.2) is 41.3 Å². The zero-order chi connectivity index (χ0) is 19.3. The normalized spacial score (nSPS) is 14.4. The first kappa shape index (κ1) is 19.1. The van der Waals surface area contributed by atoms with Gasteiger partial charge in [-0.15, -0.1) is 11.3 Å². The maximum Gasteiger partial charge on any atom is 0.226 e. The van der Waals surface area contributed by atoms with Crippen molar-refractivity contribution in [3.05, 3.63) is 52.1 Å². The number of aryl methyl sites for hydroxylation is 2. The van der Waals surface area contributed by atoms with E-state index in [0.717, 1.165) is 55.3 Å². The van der Waals surface area contributed by atoms with E-state index in [2.05, 4.69) is 9.88 Å². The first-order chi connectivity index (χ1) is 13.7. The average molecular weight is 416 g/mol. The first-order valence-electron chi connectivity index (χ1n) is 9.35. The second-order valence-electron chi connectivity index (χ2n) is 6.64. The van der Waals surface area contributed by atoms with Crippen LogP contribution in [-0.2, 0) is 17.6 Å². The number of halogens is 1. The van der Waals surface area contributed by atoms with Crippen LogP contribution >= 0.6 is 22.9 Å². The van der Waals surface area contributed by atoms with Crippen LogP contribution in [0.25, 0.3) is 11.3 Å². The molecule has 2 aromatic heterocycles. The molecule has 28 heavy (non-hydrogen) atoms. The molecule has 0 atom stereocenters. The Morgan fingerprint density at radius 2 is 1.96 bits per heavy atom. The van der Waals surface area contributed by atoms with Crippen molar-refractivity contribution in [3.8, 4) is 11.3 Å². The van der Waals surface area contributed by atoms with Crippen LogP contribution in [0.15, 0.2) is 36.5 Å². The van der Waals surface area contributed by atoms with Gasteiger partial charge in [0.2, 0.25) is 5.95 Å². The van der Waals surface area contributed by atoms with E-state index in [0.29, 0.717) is 23.4 Å². The summed E-state index contributed by atoms with van der Waals surface area (Å²) in [4.78, 5) is 17.1. The maximum absolute atomic E-state index is 6.42. The standard InChI is InChI=1S/C20H22ClN5OS/c21-17-7-2-1-6-16(17)18-12-14(4-3-5-15-13-23-19(22)28-15)24-20(25-18)26-8-10-27-11-9-26/h1-2,6-7,12-13H,3-5,8-11H2,(H2,22,23). The van der Waals surface area contributed by atoms with E-state index < -0.39 is 0 Å². The Morgan fingerprint density at radius 3 is 2.71 bits per heavy atom. The van der Waals surface area contributed by atoms with E-state index in [1.54, 1.807) is 11.3 Å². The molecule has 2 N–H and O–H groups in total. The molecule has 1 fully saturated rings. The van der Waals surface area contributed by atoms with Gasteiger partial charge in [-0.3, -0.25) is 0 Å². The third-order valence-electron chi connectivity index (χ3n) is 4.64. The van der Waals surface area contributed by atoms with Gasteiger partial charge in [0, 0.05) is 40.4 Å². The second kappa shape index (κ2) is 8.86. The number of ether oxygens (including phenoxy) is 1. The van der Waals surface area contributed by atoms with Crippen molar-refractivity contribution in [2.24, 2.45) is 0 Å². The molecule has 0 amide bonds. The monoisotopic (exact) mass is 415 g/mol. The number of nitrogens with two attached hydrogens (primary N) is 1. The van der Waals surface area contributed by atoms with Gasteiger partial charge in [0.15, 0.2) is 5.13 Å². The minimum Gasteiger partial charge on any atom is -0.378 e. The highest BCUT2D eigenvalue weighted by Crippen LogP contribution is 2.28. The first-order valence-corrected chi connectivity index (χ1v) is 10.5. The minimum atomic E-state index is 0.618. The summed E-state index contributed by atoms with van der Waals surface area (Å²) >= 11 is 7.97. The summed E-state index contributed by atoms with van der Waals surface area (Å²) in [6.45, 7) is 2.99. The molecule has 1 aromatic carbocycles. The number of benzene rings is 1. The zero-order valence-corrected chi connectivity index (χ0v) is 17.0. The molecule has 1 saturated heterocycles. The van der Waals surface area contributed by atoms with Gasteiger partial charge in [0.1, 0.15) is 0 Å². The lowest BCUT2D eigenvalue weighted by Crippen LogP contribution is -2.37. The lowest BCUT2D eigenvalue weighted by atomic mass is 10.1. The Kier molecular flexibility index (Phi) is 6.04. The van der Waals surface area contributed by atoms with Crippen LogP contribution < -0.4 is 10.6 Å². The summed E-state index contributed by atoms with van der Waals surface area (Å²) in [5.41, 5.74) is 8.53. The van der Waals surface area contributed by atoms with Gasteiger partial charge < -0.3 is 15.4 Å². The van der Waals surface area contributed by atoms with Crippen LogP contribution in [0.1, 0.15) is 17.0 Å². The molecule has 0 spiro atoms. The van der Waals surface area contributed by atoms with Gasteiger partial charge in [0.25, 0.3) is 0 Å². The SMILES string of the molecule is Nc1ncc(CCCc2cc(-c3ccccc3Cl)nc(N3CCOCC3)n2)s1. The Labute approximate surface area is 173 Å². The number of nitrogen functional groups attached to an aromatic ring is 1. The van der Waals surface area contributed by atoms with Crippen molar-refractivity contribution in [3.63, 3.8) is 0 Å². The summed E-state index contributed by atoms with van der Waals surface area (Å²) in [5, 5.41) is 1.31. The highest BCUT2D eigenvalue weighted by atomic mass is 35.5. The summed E-state index contributed by atoms with van der Waals surface area (Å²) in [6.07, 6.45) is 4.62. The highest BCUT2D eigenvalue weighted by molar-refractivity contribution is 7.15. The molecule has 0 saturated carbocycles. The van der Waals surface area contributed by atoms with Crippen molar-refractivity contribution < 1.29 is 4.74 Å². The fraction of sp³-hybridized carbons (Fsp3) is 0.350. The molecular formula is C20H22ClN5OS. The Balaban J connectivity index is 1.58. The number of rotatable bonds is 6. The second-order valence-corrected chi connectivity index (χ2v) is 8.20. The highest BCUT2D eigenvalue weighted by Gasteiger charge is 2.17. The molecule has 1 aliphatic heterocycles. The fourth-order valence-electron chi connectivity index (χ4n) is 3.21. The van der Waals surface area contributed by atoms with Crippen molar-refractivity contribution in [1.82, 2.24) is 15.0 Å². The largest absolute Gasteiger partial charge is 0.378 e. The van der Waals surface area contributed by atoms with E-state index in [9.17, 15) is 0 Å². The van der Waals surface area contributed by atoms with E-state index in [4.69, 9.17) is 32.0 Å². The summed E-state index contributed by atoms with van der Waals surface area (Å²) in [7, 11) is 0. The number of aromatic nitrogens is 3. The number of morpholine rings is 1. The van der Waals surface area contributed by atoms with Crippen LogP contribution in [0.5, 0.6) is 0 Å². The van der Waals surface area contributed by atoms with Crippen molar-refractivity contribution in [2.45, 2.75) is 19.3 Å².